The van der Waals surface area contributed by atoms with Gasteiger partial charge < -0.3 is 10.4 Å². The number of aryl methyl sites for hydroxylation is 1. The van der Waals surface area contributed by atoms with Crippen LogP contribution in [0.1, 0.15) is 68.2 Å². The molecule has 2 N–H and O–H groups in total. The molecule has 124 valence electrons. The summed E-state index contributed by atoms with van der Waals surface area (Å²) in [7, 11) is 0. The lowest BCUT2D eigenvalue weighted by atomic mass is 9.94. The summed E-state index contributed by atoms with van der Waals surface area (Å²) in [5.41, 5.74) is 1.42. The van der Waals surface area contributed by atoms with Crippen LogP contribution in [0.3, 0.4) is 0 Å². The van der Waals surface area contributed by atoms with Crippen molar-refractivity contribution in [2.75, 3.05) is 5.32 Å². The number of thiophene rings is 1. The van der Waals surface area contributed by atoms with Gasteiger partial charge in [0.15, 0.2) is 0 Å². The van der Waals surface area contributed by atoms with Crippen LogP contribution < -0.4 is 5.32 Å². The van der Waals surface area contributed by atoms with E-state index in [9.17, 15) is 5.11 Å². The van der Waals surface area contributed by atoms with Crippen LogP contribution >= 0.6 is 11.3 Å². The first-order valence-electron chi connectivity index (χ1n) is 8.93. The van der Waals surface area contributed by atoms with E-state index < -0.39 is 0 Å². The minimum absolute atomic E-state index is 0.250. The molecule has 23 heavy (non-hydrogen) atoms. The standard InChI is InChI=1S/C18H25N3OS/c1-11(22)9-12-7-8-14-15(12)16-17(19-10-20-18(16)23-14)21-13-5-3-2-4-6-13/h10-13,22H,2-9H2,1H3,(H,19,20,21)/t11-,12+/m0/s1. The number of aromatic nitrogens is 2. The Hall–Kier alpha value is -1.20. The molecule has 2 aliphatic carbocycles. The second-order valence-electron chi connectivity index (χ2n) is 7.14. The third-order valence-electron chi connectivity index (χ3n) is 5.30. The monoisotopic (exact) mass is 331 g/mol. The first kappa shape index (κ1) is 15.3. The Labute approximate surface area is 141 Å². The van der Waals surface area contributed by atoms with Crippen molar-refractivity contribution in [3.05, 3.63) is 16.8 Å². The number of aliphatic hydroxyl groups is 1. The fraction of sp³-hybridized carbons (Fsp3) is 0.667. The molecule has 1 fully saturated rings. The summed E-state index contributed by atoms with van der Waals surface area (Å²) in [6, 6.07) is 0.550. The zero-order valence-electron chi connectivity index (χ0n) is 13.7. The summed E-state index contributed by atoms with van der Waals surface area (Å²) >= 11 is 1.82. The number of anilines is 1. The summed E-state index contributed by atoms with van der Waals surface area (Å²) in [4.78, 5) is 11.7. The normalized spacial score (nSPS) is 23.1. The Bertz CT molecular complexity index is 691. The Morgan fingerprint density at radius 3 is 2.87 bits per heavy atom. The first-order valence-corrected chi connectivity index (χ1v) is 9.75. The van der Waals surface area contributed by atoms with Gasteiger partial charge in [0.05, 0.1) is 11.5 Å². The van der Waals surface area contributed by atoms with E-state index in [-0.39, 0.29) is 6.10 Å². The van der Waals surface area contributed by atoms with E-state index in [1.165, 1.54) is 47.9 Å². The molecule has 2 aromatic rings. The Morgan fingerprint density at radius 1 is 1.26 bits per heavy atom. The van der Waals surface area contributed by atoms with E-state index in [0.717, 1.165) is 29.9 Å². The van der Waals surface area contributed by atoms with Crippen molar-refractivity contribution in [2.45, 2.75) is 76.4 Å². The third-order valence-corrected chi connectivity index (χ3v) is 6.48. The van der Waals surface area contributed by atoms with Crippen molar-refractivity contribution >= 4 is 27.4 Å². The highest BCUT2D eigenvalue weighted by molar-refractivity contribution is 7.19. The first-order chi connectivity index (χ1) is 11.2. The van der Waals surface area contributed by atoms with E-state index >= 15 is 0 Å². The van der Waals surface area contributed by atoms with Gasteiger partial charge in [-0.25, -0.2) is 9.97 Å². The zero-order chi connectivity index (χ0) is 15.8. The molecule has 2 aromatic heterocycles. The van der Waals surface area contributed by atoms with Crippen LogP contribution in [0, 0.1) is 0 Å². The molecular weight excluding hydrogens is 306 g/mol. The summed E-state index contributed by atoms with van der Waals surface area (Å²) < 4.78 is 0. The molecule has 0 unspecified atom stereocenters. The molecule has 4 nitrogen and oxygen atoms in total. The quantitative estimate of drug-likeness (QED) is 0.880. The van der Waals surface area contributed by atoms with Crippen molar-refractivity contribution < 1.29 is 5.11 Å². The van der Waals surface area contributed by atoms with Gasteiger partial charge in [0.25, 0.3) is 0 Å². The molecule has 5 heteroatoms. The van der Waals surface area contributed by atoms with Gasteiger partial charge in [-0.3, -0.25) is 0 Å². The summed E-state index contributed by atoms with van der Waals surface area (Å²) in [6.45, 7) is 1.89. The number of nitrogens with one attached hydrogen (secondary N) is 1. The van der Waals surface area contributed by atoms with Crippen molar-refractivity contribution in [1.29, 1.82) is 0 Å². The molecule has 0 aliphatic heterocycles. The predicted octanol–water partition coefficient (Wildman–Crippen LogP) is 4.24. The van der Waals surface area contributed by atoms with E-state index in [4.69, 9.17) is 0 Å². The van der Waals surface area contributed by atoms with E-state index in [2.05, 4.69) is 15.3 Å². The highest BCUT2D eigenvalue weighted by Gasteiger charge is 2.30. The van der Waals surface area contributed by atoms with Crippen molar-refractivity contribution in [1.82, 2.24) is 9.97 Å². The fourth-order valence-electron chi connectivity index (χ4n) is 4.26. The lowest BCUT2D eigenvalue weighted by Gasteiger charge is -2.24. The van der Waals surface area contributed by atoms with Crippen LogP contribution in [0.4, 0.5) is 5.82 Å². The molecule has 0 radical (unpaired) electrons. The molecule has 4 rings (SSSR count). The second-order valence-corrected chi connectivity index (χ2v) is 8.22. The fourth-order valence-corrected chi connectivity index (χ4v) is 5.51. The SMILES string of the molecule is C[C@H](O)C[C@H]1CCc2sc3ncnc(NC4CCCCC4)c3c21. The number of rotatable bonds is 4. The smallest absolute Gasteiger partial charge is 0.138 e. The summed E-state index contributed by atoms with van der Waals surface area (Å²) in [5.74, 6) is 1.48. The second kappa shape index (κ2) is 6.36. The van der Waals surface area contributed by atoms with Crippen LogP contribution in [0.2, 0.25) is 0 Å². The Balaban J connectivity index is 1.71. The van der Waals surface area contributed by atoms with Gasteiger partial charge in [0.2, 0.25) is 0 Å². The van der Waals surface area contributed by atoms with Crippen LogP contribution in [-0.2, 0) is 6.42 Å². The highest BCUT2D eigenvalue weighted by Crippen LogP contribution is 2.47. The van der Waals surface area contributed by atoms with E-state index in [1.54, 1.807) is 6.33 Å². The van der Waals surface area contributed by atoms with Crippen molar-refractivity contribution in [2.24, 2.45) is 0 Å². The summed E-state index contributed by atoms with van der Waals surface area (Å²) in [6.07, 6.45) is 11.1. The van der Waals surface area contributed by atoms with Crippen LogP contribution in [0.5, 0.6) is 0 Å². The Kier molecular flexibility index (Phi) is 4.24. The molecule has 0 amide bonds. The van der Waals surface area contributed by atoms with Crippen LogP contribution in [0.25, 0.3) is 10.2 Å². The predicted molar refractivity (Wildman–Crippen MR) is 95.3 cm³/mol. The maximum absolute atomic E-state index is 9.83. The molecule has 2 heterocycles. The van der Waals surface area contributed by atoms with Crippen molar-refractivity contribution in [3.8, 4) is 0 Å². The average Bonchev–Trinajstić information content (AvgIpc) is 3.08. The number of hydrogen-bond donors (Lipinski definition) is 2. The lowest BCUT2D eigenvalue weighted by Crippen LogP contribution is -2.23. The van der Waals surface area contributed by atoms with Gasteiger partial charge in [0.1, 0.15) is 17.0 Å². The van der Waals surface area contributed by atoms with Gasteiger partial charge in [-0.2, -0.15) is 0 Å². The van der Waals surface area contributed by atoms with Crippen molar-refractivity contribution in [3.63, 3.8) is 0 Å². The number of nitrogens with zero attached hydrogens (tertiary/aromatic N) is 2. The van der Waals surface area contributed by atoms with Gasteiger partial charge in [-0.1, -0.05) is 19.3 Å². The van der Waals surface area contributed by atoms with Gasteiger partial charge in [0, 0.05) is 10.9 Å². The third kappa shape index (κ3) is 2.96. The molecule has 0 aromatic carbocycles. The summed E-state index contributed by atoms with van der Waals surface area (Å²) in [5, 5.41) is 14.8. The number of hydrogen-bond acceptors (Lipinski definition) is 5. The molecule has 1 saturated carbocycles. The average molecular weight is 331 g/mol. The minimum Gasteiger partial charge on any atom is -0.393 e. The topological polar surface area (TPSA) is 58.0 Å². The molecular formula is C18H25N3OS. The van der Waals surface area contributed by atoms with Gasteiger partial charge >= 0.3 is 0 Å². The molecule has 0 saturated heterocycles. The Morgan fingerprint density at radius 2 is 2.09 bits per heavy atom. The highest BCUT2D eigenvalue weighted by atomic mass is 32.1. The van der Waals surface area contributed by atoms with E-state index in [1.807, 2.05) is 18.3 Å². The number of fused-ring (bicyclic) bond motifs is 3. The minimum atomic E-state index is -0.250. The molecule has 0 bridgehead atoms. The molecule has 2 atom stereocenters. The van der Waals surface area contributed by atoms with Gasteiger partial charge in [-0.05, 0) is 50.5 Å². The largest absolute Gasteiger partial charge is 0.393 e. The van der Waals surface area contributed by atoms with E-state index in [0.29, 0.717) is 12.0 Å². The maximum Gasteiger partial charge on any atom is 0.138 e. The lowest BCUT2D eigenvalue weighted by molar-refractivity contribution is 0.174. The zero-order valence-corrected chi connectivity index (χ0v) is 14.5. The van der Waals surface area contributed by atoms with Crippen LogP contribution in [-0.4, -0.2) is 27.2 Å². The van der Waals surface area contributed by atoms with Gasteiger partial charge in [-0.15, -0.1) is 11.3 Å². The maximum atomic E-state index is 9.83. The van der Waals surface area contributed by atoms with Crippen LogP contribution in [0.15, 0.2) is 6.33 Å². The molecule has 0 spiro atoms. The number of aliphatic hydroxyl groups excluding tert-OH is 1. The molecule has 2 aliphatic rings.